The quantitative estimate of drug-likeness (QED) is 0.772. The molecule has 1 aliphatic carbocycles. The van der Waals surface area contributed by atoms with Crippen LogP contribution in [0, 0.1) is 0 Å². The smallest absolute Gasteiger partial charge is 0.399 e. The van der Waals surface area contributed by atoms with E-state index in [4.69, 9.17) is 14.4 Å². The zero-order chi connectivity index (χ0) is 18.7. The van der Waals surface area contributed by atoms with Crippen molar-refractivity contribution in [2.45, 2.75) is 77.4 Å². The molecule has 1 fully saturated rings. The van der Waals surface area contributed by atoms with Gasteiger partial charge in [0, 0.05) is 5.41 Å². The monoisotopic (exact) mass is 352 g/mol. The molecule has 0 atom stereocenters. The van der Waals surface area contributed by atoms with Crippen molar-refractivity contribution in [3.8, 4) is 5.69 Å². The summed E-state index contributed by atoms with van der Waals surface area (Å²) in [6.07, 6.45) is 5.62. The van der Waals surface area contributed by atoms with Crippen LogP contribution in [0.3, 0.4) is 0 Å². The van der Waals surface area contributed by atoms with Crippen LogP contribution < -0.4 is 5.46 Å². The third kappa shape index (κ3) is 2.73. The second kappa shape index (κ2) is 5.70. The molecular weight excluding hydrogens is 323 g/mol. The van der Waals surface area contributed by atoms with Gasteiger partial charge in [-0.2, -0.15) is 5.10 Å². The van der Waals surface area contributed by atoms with Crippen LogP contribution >= 0.6 is 0 Å². The highest BCUT2D eigenvalue weighted by atomic mass is 16.7. The van der Waals surface area contributed by atoms with E-state index in [-0.39, 0.29) is 23.7 Å². The van der Waals surface area contributed by atoms with Crippen LogP contribution in [0.15, 0.2) is 30.5 Å². The molecule has 1 aliphatic heterocycles. The molecule has 1 saturated heterocycles. The second-order valence-electron chi connectivity index (χ2n) is 9.35. The van der Waals surface area contributed by atoms with Crippen molar-refractivity contribution >= 4 is 12.6 Å². The van der Waals surface area contributed by atoms with Gasteiger partial charge in [-0.25, -0.2) is 4.68 Å². The number of rotatable bonds is 2. The van der Waals surface area contributed by atoms with Crippen molar-refractivity contribution in [1.82, 2.24) is 9.78 Å². The fraction of sp³-hybridized carbons (Fsp3) is 0.571. The Morgan fingerprint density at radius 1 is 0.962 bits per heavy atom. The Kier molecular flexibility index (Phi) is 3.91. The van der Waals surface area contributed by atoms with Crippen molar-refractivity contribution < 1.29 is 9.31 Å². The van der Waals surface area contributed by atoms with Crippen molar-refractivity contribution in [3.05, 3.63) is 41.7 Å². The van der Waals surface area contributed by atoms with Crippen LogP contribution in [0.2, 0.25) is 0 Å². The number of hydrogen-bond acceptors (Lipinski definition) is 3. The topological polar surface area (TPSA) is 36.3 Å². The molecule has 2 aliphatic rings. The van der Waals surface area contributed by atoms with Gasteiger partial charge in [0.25, 0.3) is 0 Å². The minimum Gasteiger partial charge on any atom is -0.399 e. The predicted octanol–water partition coefficient (Wildman–Crippen LogP) is 3.79. The number of aryl methyl sites for hydroxylation is 1. The molecule has 2 heterocycles. The fourth-order valence-corrected chi connectivity index (χ4v) is 4.07. The van der Waals surface area contributed by atoms with Gasteiger partial charge in [0.05, 0.1) is 28.8 Å². The van der Waals surface area contributed by atoms with Crippen molar-refractivity contribution in [1.29, 1.82) is 0 Å². The molecule has 4 rings (SSSR count). The van der Waals surface area contributed by atoms with Gasteiger partial charge in [0.15, 0.2) is 0 Å². The van der Waals surface area contributed by atoms with Gasteiger partial charge in [-0.3, -0.25) is 0 Å². The molecule has 0 spiro atoms. The van der Waals surface area contributed by atoms with Crippen LogP contribution in [0.4, 0.5) is 0 Å². The van der Waals surface area contributed by atoms with Gasteiger partial charge >= 0.3 is 7.12 Å². The molecule has 0 radical (unpaired) electrons. The largest absolute Gasteiger partial charge is 0.494 e. The van der Waals surface area contributed by atoms with Crippen molar-refractivity contribution in [2.24, 2.45) is 0 Å². The zero-order valence-electron chi connectivity index (χ0n) is 16.8. The van der Waals surface area contributed by atoms with Crippen molar-refractivity contribution in [3.63, 3.8) is 0 Å². The maximum Gasteiger partial charge on any atom is 0.494 e. The predicted molar refractivity (Wildman–Crippen MR) is 105 cm³/mol. The average molecular weight is 352 g/mol. The second-order valence-corrected chi connectivity index (χ2v) is 9.35. The van der Waals surface area contributed by atoms with E-state index in [0.29, 0.717) is 0 Å². The highest BCUT2D eigenvalue weighted by Crippen LogP contribution is 2.38. The highest BCUT2D eigenvalue weighted by Gasteiger charge is 2.51. The Morgan fingerprint density at radius 3 is 2.19 bits per heavy atom. The van der Waals surface area contributed by atoms with E-state index >= 15 is 0 Å². The Bertz CT molecular complexity index is 805. The molecule has 4 nitrogen and oxygen atoms in total. The molecule has 0 bridgehead atoms. The first-order valence-electron chi connectivity index (χ1n) is 9.64. The summed E-state index contributed by atoms with van der Waals surface area (Å²) in [4.78, 5) is 0. The van der Waals surface area contributed by atoms with Gasteiger partial charge in [-0.1, -0.05) is 26.0 Å². The molecular formula is C21H29BN2O2. The van der Waals surface area contributed by atoms with E-state index in [2.05, 4.69) is 70.5 Å². The van der Waals surface area contributed by atoms with E-state index in [0.717, 1.165) is 17.6 Å². The van der Waals surface area contributed by atoms with Gasteiger partial charge in [-0.05, 0) is 70.1 Å². The van der Waals surface area contributed by atoms with Crippen molar-refractivity contribution in [2.75, 3.05) is 0 Å². The van der Waals surface area contributed by atoms with Gasteiger partial charge < -0.3 is 9.31 Å². The number of hydrogen-bond donors (Lipinski definition) is 0. The van der Waals surface area contributed by atoms with Crippen LogP contribution in [0.5, 0.6) is 0 Å². The number of fused-ring (bicyclic) bond motifs is 1. The van der Waals surface area contributed by atoms with E-state index in [1.807, 2.05) is 6.20 Å². The Balaban J connectivity index is 1.64. The van der Waals surface area contributed by atoms with Crippen LogP contribution in [0.25, 0.3) is 5.69 Å². The normalized spacial score (nSPS) is 23.1. The van der Waals surface area contributed by atoms with Crippen LogP contribution in [-0.2, 0) is 21.1 Å². The van der Waals surface area contributed by atoms with E-state index in [9.17, 15) is 0 Å². The Hall–Kier alpha value is -1.59. The lowest BCUT2D eigenvalue weighted by Gasteiger charge is -2.32. The summed E-state index contributed by atoms with van der Waals surface area (Å²) in [5, 5.41) is 4.69. The summed E-state index contributed by atoms with van der Waals surface area (Å²) < 4.78 is 14.4. The summed E-state index contributed by atoms with van der Waals surface area (Å²) >= 11 is 0. The minimum absolute atomic E-state index is 0.161. The van der Waals surface area contributed by atoms with E-state index in [1.165, 1.54) is 24.1 Å². The molecule has 0 amide bonds. The number of aromatic nitrogens is 2. The molecule has 2 aromatic rings. The summed E-state index contributed by atoms with van der Waals surface area (Å²) in [6.45, 7) is 13.0. The number of benzene rings is 1. The summed E-state index contributed by atoms with van der Waals surface area (Å²) in [5.74, 6) is 0. The summed E-state index contributed by atoms with van der Waals surface area (Å²) in [6, 6.07) is 8.44. The summed E-state index contributed by atoms with van der Waals surface area (Å²) in [5.41, 5.74) is 4.41. The molecule has 5 heteroatoms. The molecule has 0 N–H and O–H groups in total. The molecule has 1 aromatic carbocycles. The SMILES string of the molecule is CC1(C)CCCc2cnn(-c3ccc(B4OC(C)(C)C(C)(C)O4)cc3)c21. The molecule has 0 unspecified atom stereocenters. The summed E-state index contributed by atoms with van der Waals surface area (Å²) in [7, 11) is -0.322. The Morgan fingerprint density at radius 2 is 1.58 bits per heavy atom. The average Bonchev–Trinajstić information content (AvgIpc) is 3.07. The van der Waals surface area contributed by atoms with Gasteiger partial charge in [-0.15, -0.1) is 0 Å². The number of nitrogens with zero attached hydrogens (tertiary/aromatic N) is 2. The molecule has 26 heavy (non-hydrogen) atoms. The van der Waals surface area contributed by atoms with E-state index < -0.39 is 0 Å². The third-order valence-electron chi connectivity index (χ3n) is 6.40. The lowest BCUT2D eigenvalue weighted by molar-refractivity contribution is 0.00578. The first kappa shape index (κ1) is 17.8. The lowest BCUT2D eigenvalue weighted by atomic mass is 9.76. The Labute approximate surface area is 157 Å². The maximum absolute atomic E-state index is 6.16. The maximum atomic E-state index is 6.16. The van der Waals surface area contributed by atoms with E-state index in [1.54, 1.807) is 0 Å². The zero-order valence-corrected chi connectivity index (χ0v) is 16.8. The molecule has 1 aromatic heterocycles. The van der Waals surface area contributed by atoms with Crippen LogP contribution in [-0.4, -0.2) is 28.1 Å². The van der Waals surface area contributed by atoms with Gasteiger partial charge in [0.1, 0.15) is 0 Å². The van der Waals surface area contributed by atoms with Crippen LogP contribution in [0.1, 0.15) is 65.6 Å². The minimum atomic E-state index is -0.322. The first-order valence-corrected chi connectivity index (χ1v) is 9.64. The molecule has 0 saturated carbocycles. The highest BCUT2D eigenvalue weighted by molar-refractivity contribution is 6.62. The lowest BCUT2D eigenvalue weighted by Crippen LogP contribution is -2.41. The molecule has 138 valence electrons. The standard InChI is InChI=1S/C21H29BN2O2/c1-19(2)13-7-8-15-14-23-24(18(15)19)17-11-9-16(10-12-17)22-25-20(3,4)21(5,6)26-22/h9-12,14H,7-8,13H2,1-6H3. The third-order valence-corrected chi connectivity index (χ3v) is 6.40. The fourth-order valence-electron chi connectivity index (χ4n) is 4.07. The first-order chi connectivity index (χ1) is 12.1. The van der Waals surface area contributed by atoms with Gasteiger partial charge in [0.2, 0.25) is 0 Å².